The van der Waals surface area contributed by atoms with Crippen molar-refractivity contribution in [1.29, 1.82) is 0 Å². The molecule has 144 valence electrons. The molecule has 1 aromatic carbocycles. The van der Waals surface area contributed by atoms with Crippen LogP contribution in [0.15, 0.2) is 47.1 Å². The molecule has 2 N–H and O–H groups in total. The molecule has 2 rings (SSSR count). The van der Waals surface area contributed by atoms with E-state index in [1.165, 1.54) is 0 Å². The van der Waals surface area contributed by atoms with Gasteiger partial charge in [-0.3, -0.25) is 4.79 Å². The average molecular weight is 465 g/mol. The van der Waals surface area contributed by atoms with E-state index in [2.05, 4.69) is 20.9 Å². The number of halogens is 3. The molecular formula is C18H24BrCl2N3O2. The molecular weight excluding hydrogens is 441 g/mol. The molecule has 0 saturated heterocycles. The van der Waals surface area contributed by atoms with Gasteiger partial charge in [-0.25, -0.2) is 4.98 Å². The Morgan fingerprint density at radius 2 is 1.96 bits per heavy atom. The number of ether oxygens (including phenoxy) is 1. The lowest BCUT2D eigenvalue weighted by atomic mass is 9.93. The SMILES string of the molecule is CN(CC(C)(C)CN)C(=O)c1cccnc1Oc1cccc(Br)c1.Cl.Cl. The van der Waals surface area contributed by atoms with Crippen molar-refractivity contribution in [1.82, 2.24) is 9.88 Å². The van der Waals surface area contributed by atoms with E-state index in [-0.39, 0.29) is 42.0 Å². The molecule has 1 amide bonds. The van der Waals surface area contributed by atoms with Crippen molar-refractivity contribution in [2.75, 3.05) is 20.1 Å². The van der Waals surface area contributed by atoms with Crippen LogP contribution in [0.2, 0.25) is 0 Å². The maximum Gasteiger partial charge on any atom is 0.259 e. The monoisotopic (exact) mass is 463 g/mol. The van der Waals surface area contributed by atoms with Crippen molar-refractivity contribution >= 4 is 46.7 Å². The highest BCUT2D eigenvalue weighted by molar-refractivity contribution is 9.10. The normalized spacial score (nSPS) is 10.3. The Balaban J connectivity index is 0.00000312. The first kappa shape index (κ1) is 24.7. The number of rotatable bonds is 6. The molecule has 0 aliphatic heterocycles. The first-order valence-electron chi connectivity index (χ1n) is 7.66. The molecule has 1 aromatic heterocycles. The van der Waals surface area contributed by atoms with Crippen molar-refractivity contribution in [2.24, 2.45) is 11.1 Å². The molecule has 1 heterocycles. The lowest BCUT2D eigenvalue weighted by Crippen LogP contribution is -2.39. The van der Waals surface area contributed by atoms with Gasteiger partial charge in [0.2, 0.25) is 5.88 Å². The van der Waals surface area contributed by atoms with E-state index in [0.717, 1.165) is 4.47 Å². The van der Waals surface area contributed by atoms with Gasteiger partial charge in [0.05, 0.1) is 0 Å². The van der Waals surface area contributed by atoms with E-state index >= 15 is 0 Å². The number of hydrogen-bond donors (Lipinski definition) is 1. The second kappa shape index (κ2) is 10.7. The topological polar surface area (TPSA) is 68.5 Å². The van der Waals surface area contributed by atoms with Crippen molar-refractivity contribution in [2.45, 2.75) is 13.8 Å². The number of aromatic nitrogens is 1. The van der Waals surface area contributed by atoms with E-state index in [4.69, 9.17) is 10.5 Å². The largest absolute Gasteiger partial charge is 0.438 e. The smallest absolute Gasteiger partial charge is 0.259 e. The van der Waals surface area contributed by atoms with Gasteiger partial charge in [0, 0.05) is 24.3 Å². The van der Waals surface area contributed by atoms with Gasteiger partial charge in [-0.1, -0.05) is 35.8 Å². The predicted octanol–water partition coefficient (Wildman–Crippen LogP) is 4.54. The fourth-order valence-electron chi connectivity index (χ4n) is 2.26. The molecule has 0 radical (unpaired) electrons. The highest BCUT2D eigenvalue weighted by atomic mass is 79.9. The summed E-state index contributed by atoms with van der Waals surface area (Å²) >= 11 is 3.40. The third-order valence-corrected chi connectivity index (χ3v) is 4.07. The predicted molar refractivity (Wildman–Crippen MR) is 113 cm³/mol. The Bertz CT molecular complexity index is 729. The molecule has 26 heavy (non-hydrogen) atoms. The summed E-state index contributed by atoms with van der Waals surface area (Å²) in [5.41, 5.74) is 6.03. The lowest BCUT2D eigenvalue weighted by Gasteiger charge is -2.29. The number of carbonyl (C=O) groups excluding carboxylic acids is 1. The third kappa shape index (κ3) is 6.76. The molecule has 0 saturated carbocycles. The zero-order valence-corrected chi connectivity index (χ0v) is 18.2. The average Bonchev–Trinajstić information content (AvgIpc) is 2.54. The Morgan fingerprint density at radius 3 is 2.58 bits per heavy atom. The summed E-state index contributed by atoms with van der Waals surface area (Å²) in [7, 11) is 1.76. The van der Waals surface area contributed by atoms with Crippen LogP contribution < -0.4 is 10.5 Å². The molecule has 8 heteroatoms. The molecule has 2 aromatic rings. The zero-order valence-electron chi connectivity index (χ0n) is 14.9. The molecule has 0 aliphatic rings. The minimum Gasteiger partial charge on any atom is -0.438 e. The van der Waals surface area contributed by atoms with E-state index in [9.17, 15) is 4.79 Å². The molecule has 0 bridgehead atoms. The van der Waals surface area contributed by atoms with Crippen LogP contribution in [-0.4, -0.2) is 35.9 Å². The second-order valence-corrected chi connectivity index (χ2v) is 7.36. The van der Waals surface area contributed by atoms with Gasteiger partial charge in [0.15, 0.2) is 0 Å². The summed E-state index contributed by atoms with van der Waals surface area (Å²) in [4.78, 5) is 18.6. The number of carbonyl (C=O) groups is 1. The van der Waals surface area contributed by atoms with Crippen LogP contribution in [0.25, 0.3) is 0 Å². The maximum absolute atomic E-state index is 12.8. The number of pyridine rings is 1. The molecule has 5 nitrogen and oxygen atoms in total. The quantitative estimate of drug-likeness (QED) is 0.681. The fraction of sp³-hybridized carbons (Fsp3) is 0.333. The molecule has 0 fully saturated rings. The Kier molecular flexibility index (Phi) is 10.2. The van der Waals surface area contributed by atoms with Gasteiger partial charge in [-0.05, 0) is 42.3 Å². The van der Waals surface area contributed by atoms with Crippen molar-refractivity contribution < 1.29 is 9.53 Å². The zero-order chi connectivity index (χ0) is 17.7. The van der Waals surface area contributed by atoms with Crippen LogP contribution in [0.4, 0.5) is 0 Å². The van der Waals surface area contributed by atoms with Crippen molar-refractivity contribution in [3.05, 3.63) is 52.6 Å². The second-order valence-electron chi connectivity index (χ2n) is 6.45. The van der Waals surface area contributed by atoms with Gasteiger partial charge in [0.1, 0.15) is 11.3 Å². The van der Waals surface area contributed by atoms with Gasteiger partial charge >= 0.3 is 0 Å². The van der Waals surface area contributed by atoms with Gasteiger partial charge in [0.25, 0.3) is 5.91 Å². The van der Waals surface area contributed by atoms with E-state index in [1.54, 1.807) is 30.3 Å². The summed E-state index contributed by atoms with van der Waals surface area (Å²) < 4.78 is 6.70. The van der Waals surface area contributed by atoms with Gasteiger partial charge in [-0.2, -0.15) is 0 Å². The first-order chi connectivity index (χ1) is 11.3. The van der Waals surface area contributed by atoms with E-state index in [0.29, 0.717) is 24.4 Å². The Hall–Kier alpha value is -1.34. The van der Waals surface area contributed by atoms with Crippen LogP contribution >= 0.6 is 40.7 Å². The number of nitrogens with zero attached hydrogens (tertiary/aromatic N) is 2. The number of benzene rings is 1. The standard InChI is InChI=1S/C18H22BrN3O2.2ClH/c1-18(2,11-20)12-22(3)17(23)15-8-5-9-21-16(15)24-14-7-4-6-13(19)10-14;;/h4-10H,11-12,20H2,1-3H3;2*1H. The third-order valence-electron chi connectivity index (χ3n) is 3.58. The van der Waals surface area contributed by atoms with Crippen LogP contribution in [0.1, 0.15) is 24.2 Å². The van der Waals surface area contributed by atoms with Crippen LogP contribution in [0.5, 0.6) is 11.6 Å². The number of amides is 1. The number of nitrogens with two attached hydrogens (primary N) is 1. The summed E-state index contributed by atoms with van der Waals surface area (Å²) in [6.45, 7) is 5.10. The van der Waals surface area contributed by atoms with Crippen LogP contribution in [-0.2, 0) is 0 Å². The maximum atomic E-state index is 12.8. The van der Waals surface area contributed by atoms with Gasteiger partial charge in [-0.15, -0.1) is 24.8 Å². The van der Waals surface area contributed by atoms with Crippen LogP contribution in [0, 0.1) is 5.41 Å². The minimum atomic E-state index is -0.155. The first-order valence-corrected chi connectivity index (χ1v) is 8.46. The van der Waals surface area contributed by atoms with Gasteiger partial charge < -0.3 is 15.4 Å². The Morgan fingerprint density at radius 1 is 1.27 bits per heavy atom. The van der Waals surface area contributed by atoms with Crippen molar-refractivity contribution in [3.8, 4) is 11.6 Å². The highest BCUT2D eigenvalue weighted by Crippen LogP contribution is 2.26. The summed E-state index contributed by atoms with van der Waals surface area (Å²) in [6, 6.07) is 10.8. The molecule has 0 spiro atoms. The summed E-state index contributed by atoms with van der Waals surface area (Å²) in [6.07, 6.45) is 1.61. The number of hydrogen-bond acceptors (Lipinski definition) is 4. The van der Waals surface area contributed by atoms with E-state index < -0.39 is 0 Å². The summed E-state index contributed by atoms with van der Waals surface area (Å²) in [5, 5.41) is 0. The molecule has 0 aliphatic carbocycles. The highest BCUT2D eigenvalue weighted by Gasteiger charge is 2.24. The fourth-order valence-corrected chi connectivity index (χ4v) is 2.64. The molecule has 0 unspecified atom stereocenters. The van der Waals surface area contributed by atoms with Crippen molar-refractivity contribution in [3.63, 3.8) is 0 Å². The summed E-state index contributed by atoms with van der Waals surface area (Å²) in [5.74, 6) is 0.759. The van der Waals surface area contributed by atoms with E-state index in [1.807, 2.05) is 38.1 Å². The Labute approximate surface area is 175 Å². The molecule has 0 atom stereocenters. The lowest BCUT2D eigenvalue weighted by molar-refractivity contribution is 0.0737. The van der Waals surface area contributed by atoms with Crippen LogP contribution in [0.3, 0.4) is 0 Å². The minimum absolute atomic E-state index is 0.